The van der Waals surface area contributed by atoms with Gasteiger partial charge in [0.25, 0.3) is 0 Å². The Morgan fingerprint density at radius 3 is 2.74 bits per heavy atom. The average Bonchev–Trinajstić information content (AvgIpc) is 3.17. The van der Waals surface area contributed by atoms with E-state index in [1.165, 1.54) is 12.1 Å². The van der Waals surface area contributed by atoms with Crippen LogP contribution in [0.2, 0.25) is 0 Å². The fraction of sp³-hybridized carbons (Fsp3) is 0.529. The largest absolute Gasteiger partial charge is 0.444 e. The smallest absolute Gasteiger partial charge is 0.408 e. The van der Waals surface area contributed by atoms with Gasteiger partial charge in [0, 0.05) is 12.1 Å². The molecule has 2 aromatic rings. The van der Waals surface area contributed by atoms with Crippen LogP contribution in [0.15, 0.2) is 18.2 Å². The predicted octanol–water partition coefficient (Wildman–Crippen LogP) is 4.10. The summed E-state index contributed by atoms with van der Waals surface area (Å²) >= 11 is 0. The molecule has 6 heteroatoms. The number of amides is 1. The molecule has 0 saturated heterocycles. The normalized spacial score (nSPS) is 16.4. The molecule has 0 radical (unpaired) electrons. The van der Waals surface area contributed by atoms with Crippen LogP contribution in [-0.4, -0.2) is 21.2 Å². The lowest BCUT2D eigenvalue weighted by atomic mass is 10.2. The second kappa shape index (κ2) is 5.51. The SMILES string of the molecule is CC(NC(=O)OC(C)(C)C)c1nc2cc(F)ccc2n1C1CC1. The van der Waals surface area contributed by atoms with Crippen LogP contribution in [0.5, 0.6) is 0 Å². The Balaban J connectivity index is 1.89. The number of nitrogens with one attached hydrogen (secondary N) is 1. The predicted molar refractivity (Wildman–Crippen MR) is 85.7 cm³/mol. The first-order valence-corrected chi connectivity index (χ1v) is 7.91. The molecule has 1 aliphatic rings. The zero-order valence-corrected chi connectivity index (χ0v) is 13.9. The Labute approximate surface area is 134 Å². The van der Waals surface area contributed by atoms with Gasteiger partial charge in [-0.3, -0.25) is 0 Å². The molecule has 1 aromatic carbocycles. The minimum atomic E-state index is -0.552. The van der Waals surface area contributed by atoms with Crippen molar-refractivity contribution < 1.29 is 13.9 Å². The molecule has 23 heavy (non-hydrogen) atoms. The first kappa shape index (κ1) is 15.8. The van der Waals surface area contributed by atoms with Gasteiger partial charge in [-0.1, -0.05) is 0 Å². The molecule has 1 fully saturated rings. The topological polar surface area (TPSA) is 56.1 Å². The first-order valence-electron chi connectivity index (χ1n) is 7.91. The van der Waals surface area contributed by atoms with Crippen LogP contribution in [0.4, 0.5) is 9.18 Å². The number of halogens is 1. The number of rotatable bonds is 3. The lowest BCUT2D eigenvalue weighted by molar-refractivity contribution is 0.0505. The number of benzene rings is 1. The van der Waals surface area contributed by atoms with E-state index in [9.17, 15) is 9.18 Å². The highest BCUT2D eigenvalue weighted by molar-refractivity contribution is 5.77. The fourth-order valence-corrected chi connectivity index (χ4v) is 2.66. The number of carbonyl (C=O) groups excluding carboxylic acids is 1. The van der Waals surface area contributed by atoms with Crippen molar-refractivity contribution in [3.8, 4) is 0 Å². The molecular formula is C17H22FN3O2. The van der Waals surface area contributed by atoms with Crippen LogP contribution in [0.25, 0.3) is 11.0 Å². The Bertz CT molecular complexity index is 744. The van der Waals surface area contributed by atoms with Crippen LogP contribution < -0.4 is 5.32 Å². The molecule has 0 bridgehead atoms. The van der Waals surface area contributed by atoms with Gasteiger partial charge in [-0.2, -0.15) is 0 Å². The second-order valence-corrected chi connectivity index (χ2v) is 7.07. The Morgan fingerprint density at radius 1 is 1.43 bits per heavy atom. The van der Waals surface area contributed by atoms with E-state index in [1.807, 2.05) is 27.7 Å². The molecule has 1 aromatic heterocycles. The Hall–Kier alpha value is -2.11. The van der Waals surface area contributed by atoms with Gasteiger partial charge in [0.2, 0.25) is 0 Å². The Kier molecular flexibility index (Phi) is 3.78. The van der Waals surface area contributed by atoms with Gasteiger partial charge in [-0.15, -0.1) is 0 Å². The van der Waals surface area contributed by atoms with Crippen molar-refractivity contribution in [1.29, 1.82) is 0 Å². The number of imidazole rings is 1. The van der Waals surface area contributed by atoms with Gasteiger partial charge >= 0.3 is 6.09 Å². The number of aromatic nitrogens is 2. The van der Waals surface area contributed by atoms with Crippen LogP contribution in [-0.2, 0) is 4.74 Å². The van der Waals surface area contributed by atoms with E-state index in [0.717, 1.165) is 24.2 Å². The minimum Gasteiger partial charge on any atom is -0.444 e. The van der Waals surface area contributed by atoms with Crippen LogP contribution in [0, 0.1) is 5.82 Å². The number of hydrogen-bond donors (Lipinski definition) is 1. The standard InChI is InChI=1S/C17H22FN3O2/c1-10(19-16(22)23-17(2,3)4)15-20-13-9-11(18)5-8-14(13)21(15)12-6-7-12/h5,8-10,12H,6-7H2,1-4H3,(H,19,22). The van der Waals surface area contributed by atoms with Gasteiger partial charge < -0.3 is 14.6 Å². The highest BCUT2D eigenvalue weighted by Crippen LogP contribution is 2.40. The number of ether oxygens (including phenoxy) is 1. The molecule has 3 rings (SSSR count). The van der Waals surface area contributed by atoms with Gasteiger partial charge in [-0.25, -0.2) is 14.2 Å². The summed E-state index contributed by atoms with van der Waals surface area (Å²) in [7, 11) is 0. The van der Waals surface area contributed by atoms with Crippen molar-refractivity contribution in [2.75, 3.05) is 0 Å². The molecule has 0 spiro atoms. The maximum absolute atomic E-state index is 13.5. The second-order valence-electron chi connectivity index (χ2n) is 7.07. The zero-order chi connectivity index (χ0) is 16.8. The van der Waals surface area contributed by atoms with Crippen molar-refractivity contribution in [3.05, 3.63) is 29.8 Å². The van der Waals surface area contributed by atoms with Crippen molar-refractivity contribution in [2.24, 2.45) is 0 Å². The summed E-state index contributed by atoms with van der Waals surface area (Å²) in [6.45, 7) is 7.32. The third kappa shape index (κ3) is 3.46. The number of alkyl carbamates (subject to hydrolysis) is 1. The monoisotopic (exact) mass is 319 g/mol. The lowest BCUT2D eigenvalue weighted by Crippen LogP contribution is -2.34. The van der Waals surface area contributed by atoms with E-state index in [-0.39, 0.29) is 11.9 Å². The number of hydrogen-bond acceptors (Lipinski definition) is 3. The van der Waals surface area contributed by atoms with E-state index < -0.39 is 11.7 Å². The molecule has 1 aliphatic carbocycles. The fourth-order valence-electron chi connectivity index (χ4n) is 2.66. The van der Waals surface area contributed by atoms with E-state index in [1.54, 1.807) is 6.07 Å². The average molecular weight is 319 g/mol. The molecule has 1 atom stereocenters. The molecule has 1 unspecified atom stereocenters. The molecule has 1 amide bonds. The molecule has 5 nitrogen and oxygen atoms in total. The Morgan fingerprint density at radius 2 is 2.13 bits per heavy atom. The first-order chi connectivity index (χ1) is 10.7. The van der Waals surface area contributed by atoms with Crippen molar-refractivity contribution >= 4 is 17.1 Å². The molecule has 1 saturated carbocycles. The van der Waals surface area contributed by atoms with E-state index in [4.69, 9.17) is 4.74 Å². The zero-order valence-electron chi connectivity index (χ0n) is 13.9. The third-order valence-electron chi connectivity index (χ3n) is 3.71. The number of nitrogens with zero attached hydrogens (tertiary/aromatic N) is 2. The summed E-state index contributed by atoms with van der Waals surface area (Å²) < 4.78 is 20.9. The van der Waals surface area contributed by atoms with Crippen LogP contribution in [0.3, 0.4) is 0 Å². The van der Waals surface area contributed by atoms with Crippen molar-refractivity contribution in [2.45, 2.75) is 58.2 Å². The van der Waals surface area contributed by atoms with Gasteiger partial charge in [0.05, 0.1) is 17.1 Å². The summed E-state index contributed by atoms with van der Waals surface area (Å²) in [5, 5.41) is 2.81. The van der Waals surface area contributed by atoms with Gasteiger partial charge in [-0.05, 0) is 52.7 Å². The third-order valence-corrected chi connectivity index (χ3v) is 3.71. The number of carbonyl (C=O) groups is 1. The summed E-state index contributed by atoms with van der Waals surface area (Å²) in [5.41, 5.74) is 0.968. The summed E-state index contributed by atoms with van der Waals surface area (Å²) in [4.78, 5) is 16.5. The molecule has 1 heterocycles. The lowest BCUT2D eigenvalue weighted by Gasteiger charge is -2.22. The van der Waals surface area contributed by atoms with Gasteiger partial charge in [0.15, 0.2) is 0 Å². The maximum Gasteiger partial charge on any atom is 0.408 e. The minimum absolute atomic E-state index is 0.308. The maximum atomic E-state index is 13.5. The van der Waals surface area contributed by atoms with Crippen molar-refractivity contribution in [1.82, 2.24) is 14.9 Å². The van der Waals surface area contributed by atoms with E-state index >= 15 is 0 Å². The summed E-state index contributed by atoms with van der Waals surface area (Å²) in [6.07, 6.45) is 1.68. The van der Waals surface area contributed by atoms with Crippen molar-refractivity contribution in [3.63, 3.8) is 0 Å². The van der Waals surface area contributed by atoms with E-state index in [2.05, 4.69) is 14.9 Å². The number of fused-ring (bicyclic) bond motifs is 1. The molecular weight excluding hydrogens is 297 g/mol. The highest BCUT2D eigenvalue weighted by atomic mass is 19.1. The van der Waals surface area contributed by atoms with E-state index in [0.29, 0.717) is 11.6 Å². The summed E-state index contributed by atoms with van der Waals surface area (Å²) in [6, 6.07) is 4.68. The van der Waals surface area contributed by atoms with Crippen LogP contribution >= 0.6 is 0 Å². The molecule has 0 aliphatic heterocycles. The molecule has 1 N–H and O–H groups in total. The summed E-state index contributed by atoms with van der Waals surface area (Å²) in [5.74, 6) is 0.427. The molecule has 124 valence electrons. The quantitative estimate of drug-likeness (QED) is 0.927. The van der Waals surface area contributed by atoms with Gasteiger partial charge in [0.1, 0.15) is 17.2 Å². The van der Waals surface area contributed by atoms with Crippen LogP contribution in [0.1, 0.15) is 58.4 Å². The highest BCUT2D eigenvalue weighted by Gasteiger charge is 2.31.